The lowest BCUT2D eigenvalue weighted by molar-refractivity contribution is -0.143. The van der Waals surface area contributed by atoms with Gasteiger partial charge in [-0.3, -0.25) is 0 Å². The van der Waals surface area contributed by atoms with Gasteiger partial charge >= 0.3 is 5.97 Å². The number of esters is 1. The van der Waals surface area contributed by atoms with Crippen molar-refractivity contribution >= 4 is 11.7 Å². The number of carbonyl (C=O) groups is 1. The van der Waals surface area contributed by atoms with Crippen molar-refractivity contribution < 1.29 is 25.0 Å². The molecule has 0 aromatic rings. The van der Waals surface area contributed by atoms with Crippen LogP contribution in [0.5, 0.6) is 0 Å². The Morgan fingerprint density at radius 1 is 1.34 bits per heavy atom. The van der Waals surface area contributed by atoms with Gasteiger partial charge in [-0.05, 0) is 57.2 Å². The molecule has 0 spiro atoms. The summed E-state index contributed by atoms with van der Waals surface area (Å²) in [6.07, 6.45) is 13.2. The minimum atomic E-state index is -0.677. The molecule has 1 aliphatic rings. The van der Waals surface area contributed by atoms with Crippen LogP contribution in [0.2, 0.25) is 0 Å². The Morgan fingerprint density at radius 3 is 2.72 bits per heavy atom. The van der Waals surface area contributed by atoms with E-state index in [0.717, 1.165) is 25.7 Å². The zero-order chi connectivity index (χ0) is 21.6. The van der Waals surface area contributed by atoms with Crippen LogP contribution < -0.4 is 5.73 Å². The number of aliphatic hydroxyl groups excluding tert-OH is 2. The molecule has 1 heterocycles. The van der Waals surface area contributed by atoms with Crippen molar-refractivity contribution in [1.29, 1.82) is 0 Å². The predicted octanol–water partition coefficient (Wildman–Crippen LogP) is 3.54. The summed E-state index contributed by atoms with van der Waals surface area (Å²) in [5.41, 5.74) is 6.21. The number of allylic oxidation sites excluding steroid dienone is 4. The molecule has 1 aliphatic heterocycles. The second kappa shape index (κ2) is 13.7. The highest BCUT2D eigenvalue weighted by Gasteiger charge is 2.22. The van der Waals surface area contributed by atoms with Gasteiger partial charge in [0.05, 0.1) is 12.3 Å². The molecule has 29 heavy (non-hydrogen) atoms. The molecule has 0 aromatic heterocycles. The number of ether oxygens (including phenoxy) is 1. The Morgan fingerprint density at radius 2 is 2.10 bits per heavy atom. The summed E-state index contributed by atoms with van der Waals surface area (Å²) in [5.74, 6) is -0.583. The highest BCUT2D eigenvalue weighted by Crippen LogP contribution is 2.23. The van der Waals surface area contributed by atoms with Crippen LogP contribution in [0.3, 0.4) is 0 Å². The minimum absolute atomic E-state index is 0.0267. The molecule has 2 atom stereocenters. The quantitative estimate of drug-likeness (QED) is 0.105. The van der Waals surface area contributed by atoms with Crippen LogP contribution in [0.4, 0.5) is 0 Å². The van der Waals surface area contributed by atoms with Crippen LogP contribution in [-0.2, 0) is 9.53 Å². The summed E-state index contributed by atoms with van der Waals surface area (Å²) in [4.78, 5) is 12.6. The maximum absolute atomic E-state index is 12.6. The minimum Gasteiger partial charge on any atom is -0.512 e. The first-order valence-corrected chi connectivity index (χ1v) is 10.1. The lowest BCUT2D eigenvalue weighted by Crippen LogP contribution is -2.19. The van der Waals surface area contributed by atoms with Crippen molar-refractivity contribution in [2.45, 2.75) is 58.5 Å². The van der Waals surface area contributed by atoms with E-state index in [2.05, 4.69) is 11.2 Å². The van der Waals surface area contributed by atoms with Crippen molar-refractivity contribution in [2.24, 2.45) is 16.8 Å². The molecule has 7 heteroatoms. The van der Waals surface area contributed by atoms with Crippen molar-refractivity contribution in [2.75, 3.05) is 13.2 Å². The van der Waals surface area contributed by atoms with E-state index >= 15 is 0 Å². The Labute approximate surface area is 172 Å². The summed E-state index contributed by atoms with van der Waals surface area (Å²) in [7, 11) is 0. The zero-order valence-electron chi connectivity index (χ0n) is 17.4. The second-order valence-electron chi connectivity index (χ2n) is 7.20. The summed E-state index contributed by atoms with van der Waals surface area (Å²) in [6.45, 7) is 3.51. The number of hydrogen-bond acceptors (Lipinski definition) is 7. The van der Waals surface area contributed by atoms with Crippen LogP contribution in [-0.4, -0.2) is 46.4 Å². The van der Waals surface area contributed by atoms with Crippen molar-refractivity contribution in [1.82, 2.24) is 0 Å². The molecule has 1 unspecified atom stereocenters. The van der Waals surface area contributed by atoms with E-state index in [-0.39, 0.29) is 30.5 Å². The third-order valence-electron chi connectivity index (χ3n) is 4.69. The maximum Gasteiger partial charge on any atom is 0.342 e. The lowest BCUT2D eigenvalue weighted by Gasteiger charge is -2.17. The largest absolute Gasteiger partial charge is 0.512 e. The molecule has 162 valence electrons. The van der Waals surface area contributed by atoms with E-state index in [1.165, 1.54) is 13.0 Å². The molecule has 0 saturated carbocycles. The van der Waals surface area contributed by atoms with Crippen molar-refractivity contribution in [3.8, 4) is 0 Å². The van der Waals surface area contributed by atoms with Crippen LogP contribution in [0.1, 0.15) is 52.4 Å². The maximum atomic E-state index is 12.6. The van der Waals surface area contributed by atoms with Gasteiger partial charge in [-0.25, -0.2) is 4.79 Å². The van der Waals surface area contributed by atoms with E-state index in [1.54, 1.807) is 13.0 Å². The number of rotatable bonds is 5. The normalized spacial score (nSPS) is 28.6. The summed E-state index contributed by atoms with van der Waals surface area (Å²) in [6, 6.07) is 0. The van der Waals surface area contributed by atoms with Gasteiger partial charge in [-0.15, -0.1) is 0 Å². The van der Waals surface area contributed by atoms with Crippen molar-refractivity contribution in [3.05, 3.63) is 47.3 Å². The average molecular weight is 407 g/mol. The first-order chi connectivity index (χ1) is 13.9. The van der Waals surface area contributed by atoms with Gasteiger partial charge in [0.15, 0.2) is 0 Å². The van der Waals surface area contributed by atoms with E-state index in [4.69, 9.17) is 10.5 Å². The summed E-state index contributed by atoms with van der Waals surface area (Å²) >= 11 is 0. The molecule has 0 amide bonds. The molecule has 7 nitrogen and oxygen atoms in total. The van der Waals surface area contributed by atoms with E-state index in [0.29, 0.717) is 30.2 Å². The third-order valence-corrected chi connectivity index (χ3v) is 4.69. The summed E-state index contributed by atoms with van der Waals surface area (Å²) < 4.78 is 5.48. The lowest BCUT2D eigenvalue weighted by atomic mass is 9.95. The summed E-state index contributed by atoms with van der Waals surface area (Å²) in [5, 5.41) is 32.1. The van der Waals surface area contributed by atoms with Crippen molar-refractivity contribution in [3.63, 3.8) is 0 Å². The monoisotopic (exact) mass is 406 g/mol. The topological polar surface area (TPSA) is 125 Å². The number of nitrogens with two attached hydrogens (primary N) is 1. The van der Waals surface area contributed by atoms with Gasteiger partial charge in [-0.2, -0.15) is 0 Å². The zero-order valence-corrected chi connectivity index (χ0v) is 17.4. The van der Waals surface area contributed by atoms with E-state index < -0.39 is 5.97 Å². The number of carbonyl (C=O) groups excluding carboxylic acids is 1. The standard InChI is InChI=1S/C22H34N2O5/c1-16-7-5-9-18(8-3-4-13-23)10-6-11-20(24-28)15-19(12-14-25)21(17(2)26)22(27)29-16/h5-6,9,11-12,16,18,25-26,28H,3-4,7-8,10,13-15,23H2,1-2H3/b9-5+,11-6+,19-12-,21-17-,24-20+/t16-,18?/m1/s1. The van der Waals surface area contributed by atoms with Gasteiger partial charge in [0.2, 0.25) is 0 Å². The van der Waals surface area contributed by atoms with Gasteiger partial charge in [0.1, 0.15) is 17.4 Å². The third kappa shape index (κ3) is 9.11. The Bertz CT molecular complexity index is 673. The molecule has 0 fully saturated rings. The van der Waals surface area contributed by atoms with E-state index in [9.17, 15) is 20.2 Å². The highest BCUT2D eigenvalue weighted by molar-refractivity contribution is 6.01. The number of cyclic esters (lactones) is 1. The molecular weight excluding hydrogens is 372 g/mol. The Balaban J connectivity index is 3.19. The Kier molecular flexibility index (Phi) is 11.7. The average Bonchev–Trinajstić information content (AvgIpc) is 2.66. The first kappa shape index (κ1) is 24.7. The molecular formula is C22H34N2O5. The van der Waals surface area contributed by atoms with Gasteiger partial charge < -0.3 is 25.9 Å². The molecule has 0 aliphatic carbocycles. The molecule has 1 rings (SSSR count). The van der Waals surface area contributed by atoms with E-state index in [1.807, 2.05) is 12.2 Å². The smallest absolute Gasteiger partial charge is 0.342 e. The molecule has 0 radical (unpaired) electrons. The van der Waals surface area contributed by atoms with Crippen LogP contribution in [0.15, 0.2) is 52.4 Å². The number of aliphatic hydroxyl groups is 2. The van der Waals surface area contributed by atoms with Crippen LogP contribution in [0, 0.1) is 5.92 Å². The molecule has 0 saturated heterocycles. The number of hydrogen-bond donors (Lipinski definition) is 4. The van der Waals surface area contributed by atoms with Crippen LogP contribution in [0.25, 0.3) is 0 Å². The number of oxime groups is 1. The van der Waals surface area contributed by atoms with Gasteiger partial charge in [0.25, 0.3) is 0 Å². The Hall–Kier alpha value is -2.38. The molecule has 0 aromatic carbocycles. The van der Waals surface area contributed by atoms with Gasteiger partial charge in [-0.1, -0.05) is 35.9 Å². The molecule has 0 bridgehead atoms. The fraction of sp³-hybridized carbons (Fsp3) is 0.545. The SMILES string of the molecule is C/C(O)=C1/C(=O)O[C@H](C)C/C=C/C(CCCCN)C/C=C/C(=N\O)C/C1=C/CO. The van der Waals surface area contributed by atoms with Gasteiger partial charge in [0, 0.05) is 12.8 Å². The molecule has 5 N–H and O–H groups in total. The number of nitrogens with zero attached hydrogens (tertiary/aromatic N) is 1. The predicted molar refractivity (Wildman–Crippen MR) is 114 cm³/mol. The fourth-order valence-electron chi connectivity index (χ4n) is 3.18. The number of unbranched alkanes of at least 4 members (excludes halogenated alkanes) is 1. The van der Waals surface area contributed by atoms with Crippen LogP contribution >= 0.6 is 0 Å². The first-order valence-electron chi connectivity index (χ1n) is 10.1. The highest BCUT2D eigenvalue weighted by atomic mass is 16.5. The second-order valence-corrected chi connectivity index (χ2v) is 7.20. The fourth-order valence-corrected chi connectivity index (χ4v) is 3.18.